The molecule has 2 heterocycles. The number of aromatic nitrogens is 3. The highest BCUT2D eigenvalue weighted by Crippen LogP contribution is 2.17. The molecule has 9 heteroatoms. The third-order valence-electron chi connectivity index (χ3n) is 4.97. The molecule has 1 aromatic carbocycles. The third kappa shape index (κ3) is 5.90. The van der Waals surface area contributed by atoms with Crippen LogP contribution in [0.5, 0.6) is 0 Å². The van der Waals surface area contributed by atoms with Crippen molar-refractivity contribution in [1.82, 2.24) is 30.5 Å². The molecule has 0 aliphatic carbocycles. The molecule has 1 aromatic heterocycles. The van der Waals surface area contributed by atoms with E-state index < -0.39 is 0 Å². The third-order valence-corrected chi connectivity index (χ3v) is 4.97. The Morgan fingerprint density at radius 1 is 1.14 bits per heavy atom. The summed E-state index contributed by atoms with van der Waals surface area (Å²) in [6, 6.07) is 5.30. The maximum atomic E-state index is 12.7. The van der Waals surface area contributed by atoms with Gasteiger partial charge in [-0.2, -0.15) is 0 Å². The Morgan fingerprint density at radius 3 is 2.72 bits per heavy atom. The number of benzene rings is 1. The van der Waals surface area contributed by atoms with E-state index in [1.807, 2.05) is 24.0 Å². The van der Waals surface area contributed by atoms with E-state index in [4.69, 9.17) is 4.74 Å². The van der Waals surface area contributed by atoms with E-state index in [2.05, 4.69) is 20.9 Å². The van der Waals surface area contributed by atoms with Gasteiger partial charge in [0.05, 0.1) is 12.1 Å². The lowest BCUT2D eigenvalue weighted by atomic mass is 10.1. The lowest BCUT2D eigenvalue weighted by Gasteiger charge is -2.26. The fourth-order valence-electron chi connectivity index (χ4n) is 3.41. The van der Waals surface area contributed by atoms with Crippen LogP contribution in [-0.4, -0.2) is 71.2 Å². The number of nitrogens with zero attached hydrogens (tertiary/aromatic N) is 4. The van der Waals surface area contributed by atoms with Crippen molar-refractivity contribution in [3.8, 4) is 0 Å². The molecular formula is C20H30N6O3. The van der Waals surface area contributed by atoms with Gasteiger partial charge in [0.15, 0.2) is 0 Å². The van der Waals surface area contributed by atoms with Crippen LogP contribution in [0.15, 0.2) is 18.2 Å². The Labute approximate surface area is 170 Å². The van der Waals surface area contributed by atoms with Gasteiger partial charge in [0.1, 0.15) is 5.52 Å². The molecule has 0 radical (unpaired) electrons. The van der Waals surface area contributed by atoms with E-state index in [9.17, 15) is 9.59 Å². The summed E-state index contributed by atoms with van der Waals surface area (Å²) in [6.45, 7) is 6.43. The zero-order chi connectivity index (χ0) is 20.5. The quantitative estimate of drug-likeness (QED) is 0.623. The zero-order valence-electron chi connectivity index (χ0n) is 17.0. The van der Waals surface area contributed by atoms with E-state index in [0.29, 0.717) is 43.9 Å². The van der Waals surface area contributed by atoms with Crippen molar-refractivity contribution in [3.05, 3.63) is 23.8 Å². The van der Waals surface area contributed by atoms with Gasteiger partial charge in [0.25, 0.3) is 5.91 Å². The van der Waals surface area contributed by atoms with Crippen LogP contribution in [0.25, 0.3) is 11.0 Å². The van der Waals surface area contributed by atoms with Gasteiger partial charge in [-0.1, -0.05) is 5.21 Å². The van der Waals surface area contributed by atoms with Crippen molar-refractivity contribution in [1.29, 1.82) is 0 Å². The van der Waals surface area contributed by atoms with Crippen molar-refractivity contribution >= 4 is 23.0 Å². The van der Waals surface area contributed by atoms with Crippen LogP contribution in [0.3, 0.4) is 0 Å². The number of fused-ring (bicyclic) bond motifs is 1. The largest absolute Gasteiger partial charge is 0.382 e. The predicted molar refractivity (Wildman–Crippen MR) is 110 cm³/mol. The summed E-state index contributed by atoms with van der Waals surface area (Å²) in [5, 5.41) is 13.9. The first kappa shape index (κ1) is 21.0. The first-order chi connectivity index (χ1) is 14.2. The number of hydrogen-bond donors (Lipinski definition) is 2. The topological polar surface area (TPSA) is 101 Å². The number of piperidine rings is 1. The number of rotatable bonds is 9. The molecule has 9 nitrogen and oxygen atoms in total. The molecule has 1 saturated heterocycles. The molecule has 0 atom stereocenters. The Bertz CT molecular complexity index is 816. The number of nitrogens with one attached hydrogen (secondary N) is 2. The Kier molecular flexibility index (Phi) is 7.80. The average Bonchev–Trinajstić information content (AvgIpc) is 3.16. The maximum Gasteiger partial charge on any atom is 0.314 e. The van der Waals surface area contributed by atoms with Crippen molar-refractivity contribution in [2.45, 2.75) is 39.2 Å². The molecule has 0 unspecified atom stereocenters. The summed E-state index contributed by atoms with van der Waals surface area (Å²) in [6.07, 6.45) is 4.11. The van der Waals surface area contributed by atoms with E-state index in [0.717, 1.165) is 37.9 Å². The minimum absolute atomic E-state index is 0.0591. The lowest BCUT2D eigenvalue weighted by Crippen LogP contribution is -2.38. The lowest BCUT2D eigenvalue weighted by molar-refractivity contribution is 0.0724. The molecule has 29 heavy (non-hydrogen) atoms. The number of ether oxygens (including phenoxy) is 1. The fraction of sp³-hybridized carbons (Fsp3) is 0.600. The minimum atomic E-state index is -0.208. The van der Waals surface area contributed by atoms with Crippen LogP contribution < -0.4 is 10.6 Å². The Hall–Kier alpha value is -2.68. The highest BCUT2D eigenvalue weighted by molar-refractivity contribution is 5.97. The number of urea groups is 1. The van der Waals surface area contributed by atoms with Crippen LogP contribution in [-0.2, 0) is 11.3 Å². The van der Waals surface area contributed by atoms with Crippen LogP contribution in [0.1, 0.15) is 43.0 Å². The average molecular weight is 402 g/mol. The highest BCUT2D eigenvalue weighted by Gasteiger charge is 2.19. The summed E-state index contributed by atoms with van der Waals surface area (Å²) in [5.41, 5.74) is 2.18. The van der Waals surface area contributed by atoms with Gasteiger partial charge >= 0.3 is 6.03 Å². The molecule has 1 fully saturated rings. The van der Waals surface area contributed by atoms with Crippen molar-refractivity contribution in [3.63, 3.8) is 0 Å². The summed E-state index contributed by atoms with van der Waals surface area (Å²) in [4.78, 5) is 26.3. The molecule has 1 aliphatic heterocycles. The van der Waals surface area contributed by atoms with Gasteiger partial charge in [-0.05, 0) is 50.8 Å². The van der Waals surface area contributed by atoms with Crippen LogP contribution in [0.2, 0.25) is 0 Å². The number of amides is 3. The second-order valence-electron chi connectivity index (χ2n) is 7.10. The summed E-state index contributed by atoms with van der Waals surface area (Å²) >= 11 is 0. The van der Waals surface area contributed by atoms with Crippen LogP contribution in [0, 0.1) is 0 Å². The smallest absolute Gasteiger partial charge is 0.314 e. The fourth-order valence-corrected chi connectivity index (χ4v) is 3.41. The van der Waals surface area contributed by atoms with Gasteiger partial charge in [0.2, 0.25) is 0 Å². The SMILES string of the molecule is CCOCCCNC(=O)NCCn1nnc2cc(C(=O)N3CCCCC3)ccc21. The molecule has 1 aliphatic rings. The zero-order valence-corrected chi connectivity index (χ0v) is 17.0. The van der Waals surface area contributed by atoms with Crippen LogP contribution >= 0.6 is 0 Å². The molecule has 2 N–H and O–H groups in total. The van der Waals surface area contributed by atoms with Gasteiger partial charge < -0.3 is 20.3 Å². The molecule has 2 aromatic rings. The molecule has 3 rings (SSSR count). The van der Waals surface area contributed by atoms with Gasteiger partial charge in [0, 0.05) is 45.0 Å². The second kappa shape index (κ2) is 10.8. The molecule has 0 bridgehead atoms. The first-order valence-corrected chi connectivity index (χ1v) is 10.4. The maximum absolute atomic E-state index is 12.7. The van der Waals surface area contributed by atoms with Gasteiger partial charge in [-0.15, -0.1) is 5.10 Å². The molecule has 3 amide bonds. The standard InChI is InChI=1S/C20H30N6O3/c1-2-29-14-6-9-21-20(28)22-10-13-26-18-8-7-16(15-17(18)23-24-26)19(27)25-11-4-3-5-12-25/h7-8,15H,2-6,9-14H2,1H3,(H2,21,22,28). The van der Waals surface area contributed by atoms with Gasteiger partial charge in [-0.25, -0.2) is 9.48 Å². The second-order valence-corrected chi connectivity index (χ2v) is 7.10. The summed E-state index contributed by atoms with van der Waals surface area (Å²) in [5.74, 6) is 0.0591. The van der Waals surface area contributed by atoms with Crippen LogP contribution in [0.4, 0.5) is 4.79 Å². The number of carbonyl (C=O) groups excluding carboxylic acids is 2. The highest BCUT2D eigenvalue weighted by atomic mass is 16.5. The monoisotopic (exact) mass is 402 g/mol. The van der Waals surface area contributed by atoms with Crippen molar-refractivity contribution in [2.75, 3.05) is 39.4 Å². The summed E-state index contributed by atoms with van der Waals surface area (Å²) in [7, 11) is 0. The van der Waals surface area contributed by atoms with Gasteiger partial charge in [-0.3, -0.25) is 4.79 Å². The first-order valence-electron chi connectivity index (χ1n) is 10.4. The van der Waals surface area contributed by atoms with Crippen molar-refractivity contribution in [2.24, 2.45) is 0 Å². The molecular weight excluding hydrogens is 372 g/mol. The molecule has 158 valence electrons. The number of likely N-dealkylation sites (tertiary alicyclic amines) is 1. The van der Waals surface area contributed by atoms with E-state index in [1.54, 1.807) is 10.7 Å². The molecule has 0 saturated carbocycles. The van der Waals surface area contributed by atoms with E-state index in [1.165, 1.54) is 6.42 Å². The van der Waals surface area contributed by atoms with E-state index >= 15 is 0 Å². The normalized spacial score (nSPS) is 14.2. The van der Waals surface area contributed by atoms with Crippen molar-refractivity contribution < 1.29 is 14.3 Å². The van der Waals surface area contributed by atoms with E-state index in [-0.39, 0.29) is 11.9 Å². The number of carbonyl (C=O) groups is 2. The summed E-state index contributed by atoms with van der Waals surface area (Å²) < 4.78 is 6.97. The predicted octanol–water partition coefficient (Wildman–Crippen LogP) is 1.78. The Morgan fingerprint density at radius 2 is 1.93 bits per heavy atom. The molecule has 0 spiro atoms. The number of hydrogen-bond acceptors (Lipinski definition) is 5. The minimum Gasteiger partial charge on any atom is -0.382 e. The Balaban J connectivity index is 1.48.